The van der Waals surface area contributed by atoms with Gasteiger partial charge in [0.1, 0.15) is 30.8 Å². The van der Waals surface area contributed by atoms with E-state index < -0.39 is 5.97 Å². The number of nitrogens with zero attached hydrogens (tertiary/aromatic N) is 2. The summed E-state index contributed by atoms with van der Waals surface area (Å²) < 4.78 is 12.2. The van der Waals surface area contributed by atoms with Crippen molar-refractivity contribution in [3.63, 3.8) is 0 Å². The number of aliphatic carboxylic acids is 1. The molecule has 7 heteroatoms. The molecule has 42 heavy (non-hydrogen) atoms. The standard InChI is InChI=1S/C31H33N3O4.C2H6.C2H2/c1-22(23(2)24(3)27-8-5-4-6-9-27)20-37-29-12-11-28(19-33-13-7-10-31(35)36)30(15-29)38-21-26-14-25(16-32)17-34-18-26;2*1-2/h4-6,8-9,11-12,14-15,17-18,33H,3,7,10,13,19-21H2,1-2H3,(H,35,36);1-2H3;1-2H/b23-22+;;. The summed E-state index contributed by atoms with van der Waals surface area (Å²) in [6.07, 6.45) is 11.8. The molecular formula is C35H41N3O4. The highest BCUT2D eigenvalue weighted by Gasteiger charge is 2.10. The molecule has 0 fully saturated rings. The number of rotatable bonds is 14. The van der Waals surface area contributed by atoms with E-state index in [9.17, 15) is 4.79 Å². The molecule has 0 radical (unpaired) electrons. The van der Waals surface area contributed by atoms with Crippen LogP contribution in [0, 0.1) is 24.2 Å². The molecule has 0 saturated carbocycles. The van der Waals surface area contributed by atoms with Crippen LogP contribution in [0.1, 0.15) is 62.8 Å². The van der Waals surface area contributed by atoms with Gasteiger partial charge < -0.3 is 19.9 Å². The van der Waals surface area contributed by atoms with Gasteiger partial charge in [-0.15, -0.1) is 12.8 Å². The van der Waals surface area contributed by atoms with Crippen LogP contribution in [0.5, 0.6) is 11.5 Å². The number of allylic oxidation sites excluding steroid dienone is 2. The number of carboxylic acids is 1. The normalized spacial score (nSPS) is 10.4. The van der Waals surface area contributed by atoms with Gasteiger partial charge in [-0.1, -0.05) is 56.8 Å². The van der Waals surface area contributed by atoms with Crippen LogP contribution in [-0.2, 0) is 17.9 Å². The number of hydrogen-bond acceptors (Lipinski definition) is 6. The largest absolute Gasteiger partial charge is 0.489 e. The van der Waals surface area contributed by atoms with Gasteiger partial charge in [-0.2, -0.15) is 5.26 Å². The highest BCUT2D eigenvalue weighted by molar-refractivity contribution is 5.77. The van der Waals surface area contributed by atoms with Crippen molar-refractivity contribution in [2.75, 3.05) is 13.2 Å². The molecule has 2 N–H and O–H groups in total. The summed E-state index contributed by atoms with van der Waals surface area (Å²) in [5, 5.41) is 21.3. The van der Waals surface area contributed by atoms with Crippen LogP contribution in [-0.4, -0.2) is 29.2 Å². The predicted molar refractivity (Wildman–Crippen MR) is 169 cm³/mol. The van der Waals surface area contributed by atoms with Crippen molar-refractivity contribution in [3.05, 3.63) is 107 Å². The van der Waals surface area contributed by atoms with Crippen molar-refractivity contribution >= 4 is 11.5 Å². The zero-order chi connectivity index (χ0) is 31.3. The molecule has 3 rings (SSSR count). The summed E-state index contributed by atoms with van der Waals surface area (Å²) in [6.45, 7) is 14.1. The fourth-order valence-electron chi connectivity index (χ4n) is 3.69. The third kappa shape index (κ3) is 12.1. The summed E-state index contributed by atoms with van der Waals surface area (Å²) in [7, 11) is 0. The molecule has 2 aromatic carbocycles. The number of nitriles is 1. The zero-order valence-electron chi connectivity index (χ0n) is 25.0. The fourth-order valence-corrected chi connectivity index (χ4v) is 3.69. The van der Waals surface area contributed by atoms with Gasteiger partial charge in [0.2, 0.25) is 0 Å². The van der Waals surface area contributed by atoms with Crippen LogP contribution >= 0.6 is 0 Å². The van der Waals surface area contributed by atoms with E-state index in [0.29, 0.717) is 43.2 Å². The van der Waals surface area contributed by atoms with Crippen LogP contribution in [0.4, 0.5) is 0 Å². The zero-order valence-corrected chi connectivity index (χ0v) is 25.0. The van der Waals surface area contributed by atoms with E-state index in [1.165, 1.54) is 6.20 Å². The first kappa shape index (κ1) is 35.2. The van der Waals surface area contributed by atoms with E-state index in [1.54, 1.807) is 12.3 Å². The van der Waals surface area contributed by atoms with Gasteiger partial charge in [0, 0.05) is 42.6 Å². The summed E-state index contributed by atoms with van der Waals surface area (Å²) in [5.74, 6) is 0.496. The highest BCUT2D eigenvalue weighted by Crippen LogP contribution is 2.28. The topological polar surface area (TPSA) is 104 Å². The smallest absolute Gasteiger partial charge is 0.303 e. The quantitative estimate of drug-likeness (QED) is 0.121. The van der Waals surface area contributed by atoms with Crippen molar-refractivity contribution < 1.29 is 19.4 Å². The van der Waals surface area contributed by atoms with E-state index in [4.69, 9.17) is 19.8 Å². The van der Waals surface area contributed by atoms with Gasteiger partial charge >= 0.3 is 5.97 Å². The van der Waals surface area contributed by atoms with Gasteiger partial charge in [0.05, 0.1) is 5.56 Å². The maximum atomic E-state index is 10.8. The Kier molecular flexibility index (Phi) is 16.8. The minimum atomic E-state index is -0.808. The average molecular weight is 568 g/mol. The molecule has 0 aliphatic carbocycles. The Morgan fingerprint density at radius 3 is 2.45 bits per heavy atom. The number of aromatic nitrogens is 1. The van der Waals surface area contributed by atoms with Crippen LogP contribution in [0.15, 0.2) is 84.7 Å². The van der Waals surface area contributed by atoms with Gasteiger partial charge in [-0.3, -0.25) is 9.78 Å². The Labute approximate surface area is 250 Å². The molecule has 1 heterocycles. The molecule has 0 bridgehead atoms. The SMILES string of the molecule is C#C.C=C(/C(C)=C(\C)COc1ccc(CNCCCC(=O)O)c(OCc2cncc(C#N)c2)c1)c1ccccc1.CC. The maximum Gasteiger partial charge on any atom is 0.303 e. The molecule has 1 aromatic heterocycles. The molecule has 3 aromatic rings. The molecule has 0 aliphatic rings. The lowest BCUT2D eigenvalue weighted by Crippen LogP contribution is -2.16. The second kappa shape index (κ2) is 20.1. The average Bonchev–Trinajstić information content (AvgIpc) is 3.04. The van der Waals surface area contributed by atoms with Crippen LogP contribution in [0.2, 0.25) is 0 Å². The third-order valence-electron chi connectivity index (χ3n) is 6.09. The Bertz CT molecular complexity index is 1370. The molecule has 0 saturated heterocycles. The number of nitrogens with one attached hydrogen (secondary N) is 1. The lowest BCUT2D eigenvalue weighted by molar-refractivity contribution is -0.137. The number of hydrogen-bond donors (Lipinski definition) is 2. The Morgan fingerprint density at radius 2 is 1.79 bits per heavy atom. The first-order valence-electron chi connectivity index (χ1n) is 13.8. The van der Waals surface area contributed by atoms with Gasteiger partial charge in [-0.05, 0) is 61.2 Å². The van der Waals surface area contributed by atoms with Crippen molar-refractivity contribution in [1.29, 1.82) is 5.26 Å². The fraction of sp³-hybridized carbons (Fsp3) is 0.286. The van der Waals surface area contributed by atoms with Gasteiger partial charge in [0.15, 0.2) is 0 Å². The summed E-state index contributed by atoms with van der Waals surface area (Å²) in [4.78, 5) is 14.8. The molecule has 220 valence electrons. The first-order chi connectivity index (χ1) is 20.4. The number of pyridine rings is 1. The van der Waals surface area contributed by atoms with E-state index >= 15 is 0 Å². The molecule has 0 spiro atoms. The Morgan fingerprint density at radius 1 is 1.07 bits per heavy atom. The highest BCUT2D eigenvalue weighted by atomic mass is 16.5. The second-order valence-electron chi connectivity index (χ2n) is 8.96. The number of carbonyl (C=O) groups is 1. The minimum Gasteiger partial charge on any atom is -0.489 e. The monoisotopic (exact) mass is 567 g/mol. The van der Waals surface area contributed by atoms with Crippen LogP contribution in [0.3, 0.4) is 0 Å². The molecule has 7 nitrogen and oxygen atoms in total. The number of terminal acetylenes is 1. The summed E-state index contributed by atoms with van der Waals surface area (Å²) in [5.41, 5.74) is 6.37. The van der Waals surface area contributed by atoms with Crippen molar-refractivity contribution in [2.24, 2.45) is 0 Å². The van der Waals surface area contributed by atoms with Crippen molar-refractivity contribution in [3.8, 4) is 30.4 Å². The van der Waals surface area contributed by atoms with Crippen molar-refractivity contribution in [2.45, 2.75) is 53.7 Å². The van der Waals surface area contributed by atoms with Crippen LogP contribution < -0.4 is 14.8 Å². The third-order valence-corrected chi connectivity index (χ3v) is 6.09. The Balaban J connectivity index is 0.00000211. The number of ether oxygens (including phenoxy) is 2. The second-order valence-corrected chi connectivity index (χ2v) is 8.96. The van der Waals surface area contributed by atoms with E-state index in [2.05, 4.69) is 35.8 Å². The minimum absolute atomic E-state index is 0.119. The van der Waals surface area contributed by atoms with E-state index in [0.717, 1.165) is 33.4 Å². The maximum absolute atomic E-state index is 10.8. The molecule has 0 aliphatic heterocycles. The van der Waals surface area contributed by atoms with Crippen molar-refractivity contribution in [1.82, 2.24) is 10.3 Å². The van der Waals surface area contributed by atoms with E-state index in [1.807, 2.05) is 76.2 Å². The van der Waals surface area contributed by atoms with Gasteiger partial charge in [-0.25, -0.2) is 0 Å². The number of carboxylic acid groups (broad SMARTS) is 1. The molecule has 0 amide bonds. The predicted octanol–water partition coefficient (Wildman–Crippen LogP) is 7.19. The Hall–Kier alpha value is -4.85. The van der Waals surface area contributed by atoms with Crippen LogP contribution in [0.25, 0.3) is 5.57 Å². The lowest BCUT2D eigenvalue weighted by Gasteiger charge is -2.16. The van der Waals surface area contributed by atoms with Gasteiger partial charge in [0.25, 0.3) is 0 Å². The molecular weight excluding hydrogens is 526 g/mol. The lowest BCUT2D eigenvalue weighted by atomic mass is 9.97. The summed E-state index contributed by atoms with van der Waals surface area (Å²) >= 11 is 0. The molecule has 0 unspecified atom stereocenters. The molecule has 0 atom stereocenters. The number of benzene rings is 2. The van der Waals surface area contributed by atoms with E-state index in [-0.39, 0.29) is 13.0 Å². The first-order valence-corrected chi connectivity index (χ1v) is 13.8. The summed E-state index contributed by atoms with van der Waals surface area (Å²) in [6, 6.07) is 19.6.